The topological polar surface area (TPSA) is 29.5 Å². The molecular formula is C23H32ClNO2. The number of carbonyl (C=O) groups excluding carboxylic acids is 1. The minimum atomic E-state index is -0.727. The number of hydrogen-bond donors (Lipinski definition) is 0. The molecule has 0 aromatic heterocycles. The van der Waals surface area contributed by atoms with Gasteiger partial charge < -0.3 is 9.64 Å². The second-order valence-electron chi connectivity index (χ2n) is 6.52. The molecule has 0 atom stereocenters. The Morgan fingerprint density at radius 3 is 1.78 bits per heavy atom. The molecule has 0 saturated carbocycles. The Bertz CT molecular complexity index is 617. The maximum Gasteiger partial charge on any atom is 0.307 e. The fraction of sp³-hybridized carbons (Fsp3) is 0.435. The monoisotopic (exact) mass is 389 g/mol. The van der Waals surface area contributed by atoms with Crippen molar-refractivity contribution in [3.05, 3.63) is 71.8 Å². The van der Waals surface area contributed by atoms with E-state index in [9.17, 15) is 4.79 Å². The van der Waals surface area contributed by atoms with Gasteiger partial charge in [-0.25, -0.2) is 0 Å². The van der Waals surface area contributed by atoms with Gasteiger partial charge in [-0.2, -0.15) is 0 Å². The summed E-state index contributed by atoms with van der Waals surface area (Å²) in [5, 5.41) is 0. The van der Waals surface area contributed by atoms with Crippen LogP contribution in [0, 0.1) is 0 Å². The predicted molar refractivity (Wildman–Crippen MR) is 114 cm³/mol. The first-order valence-electron chi connectivity index (χ1n) is 9.71. The van der Waals surface area contributed by atoms with E-state index in [-0.39, 0.29) is 18.4 Å². The van der Waals surface area contributed by atoms with Crippen LogP contribution in [0.4, 0.5) is 0 Å². The number of hydrogen-bond acceptors (Lipinski definition) is 3. The largest absolute Gasteiger partial charge is 0.449 e. The van der Waals surface area contributed by atoms with Crippen molar-refractivity contribution in [3.63, 3.8) is 0 Å². The van der Waals surface area contributed by atoms with Gasteiger partial charge in [-0.05, 0) is 32.5 Å². The molecule has 0 aliphatic carbocycles. The molecule has 0 aliphatic rings. The highest BCUT2D eigenvalue weighted by atomic mass is 35.5. The molecule has 3 nitrogen and oxygen atoms in total. The summed E-state index contributed by atoms with van der Waals surface area (Å²) < 4.78 is 6.15. The van der Waals surface area contributed by atoms with Crippen molar-refractivity contribution in [2.45, 2.75) is 45.6 Å². The Morgan fingerprint density at radius 2 is 1.37 bits per heavy atom. The number of rotatable bonds is 10. The van der Waals surface area contributed by atoms with Crippen LogP contribution in [0.25, 0.3) is 0 Å². The van der Waals surface area contributed by atoms with E-state index in [1.54, 1.807) is 0 Å². The highest BCUT2D eigenvalue weighted by molar-refractivity contribution is 5.85. The molecule has 0 unspecified atom stereocenters. The van der Waals surface area contributed by atoms with Crippen LogP contribution in [0.3, 0.4) is 0 Å². The number of benzene rings is 2. The smallest absolute Gasteiger partial charge is 0.307 e. The summed E-state index contributed by atoms with van der Waals surface area (Å²) in [5.74, 6) is -0.133. The van der Waals surface area contributed by atoms with E-state index in [4.69, 9.17) is 4.74 Å². The quantitative estimate of drug-likeness (QED) is 0.507. The first-order valence-corrected chi connectivity index (χ1v) is 9.71. The van der Waals surface area contributed by atoms with E-state index >= 15 is 0 Å². The van der Waals surface area contributed by atoms with Gasteiger partial charge in [0.15, 0.2) is 5.60 Å². The molecule has 0 aliphatic heterocycles. The third-order valence-electron chi connectivity index (χ3n) is 5.02. The number of esters is 1. The van der Waals surface area contributed by atoms with Crippen LogP contribution < -0.4 is 0 Å². The summed E-state index contributed by atoms with van der Waals surface area (Å²) in [6.45, 7) is 9.32. The number of nitrogens with zero attached hydrogens (tertiary/aromatic N) is 1. The summed E-state index contributed by atoms with van der Waals surface area (Å²) >= 11 is 0. The number of ether oxygens (including phenoxy) is 1. The lowest BCUT2D eigenvalue weighted by Gasteiger charge is -2.34. The van der Waals surface area contributed by atoms with Gasteiger partial charge in [0.2, 0.25) is 0 Å². The molecule has 0 amide bonds. The minimum absolute atomic E-state index is 0. The summed E-state index contributed by atoms with van der Waals surface area (Å²) in [5.41, 5.74) is 1.31. The van der Waals surface area contributed by atoms with E-state index in [0.29, 0.717) is 12.8 Å². The van der Waals surface area contributed by atoms with Crippen molar-refractivity contribution in [3.8, 4) is 0 Å². The molecule has 2 aromatic carbocycles. The lowest BCUT2D eigenvalue weighted by Crippen LogP contribution is -2.33. The SMILES string of the molecule is CCN(CC)CCCC(=O)OC(CC)(c1ccccc1)c1ccccc1.Cl. The fourth-order valence-corrected chi connectivity index (χ4v) is 3.41. The van der Waals surface area contributed by atoms with Crippen molar-refractivity contribution in [1.82, 2.24) is 4.90 Å². The lowest BCUT2D eigenvalue weighted by atomic mass is 9.84. The molecule has 0 spiro atoms. The van der Waals surface area contributed by atoms with Gasteiger partial charge in [0.1, 0.15) is 0 Å². The average molecular weight is 390 g/mol. The van der Waals surface area contributed by atoms with Gasteiger partial charge in [0.05, 0.1) is 0 Å². The van der Waals surface area contributed by atoms with Gasteiger partial charge >= 0.3 is 5.97 Å². The summed E-state index contributed by atoms with van der Waals surface area (Å²) in [6.07, 6.45) is 1.96. The zero-order chi connectivity index (χ0) is 18.8. The van der Waals surface area contributed by atoms with Crippen LogP contribution in [-0.2, 0) is 15.1 Å². The van der Waals surface area contributed by atoms with Crippen molar-refractivity contribution >= 4 is 18.4 Å². The average Bonchev–Trinajstić information content (AvgIpc) is 2.71. The predicted octanol–water partition coefficient (Wildman–Crippen LogP) is 5.43. The van der Waals surface area contributed by atoms with Crippen LogP contribution in [0.1, 0.15) is 51.2 Å². The molecule has 0 radical (unpaired) electrons. The molecule has 2 rings (SSSR count). The minimum Gasteiger partial charge on any atom is -0.449 e. The van der Waals surface area contributed by atoms with Gasteiger partial charge in [-0.15, -0.1) is 12.4 Å². The third-order valence-corrected chi connectivity index (χ3v) is 5.02. The Kier molecular flexibility index (Phi) is 10.1. The second kappa shape index (κ2) is 11.8. The van der Waals surface area contributed by atoms with E-state index in [1.807, 2.05) is 60.7 Å². The number of carbonyl (C=O) groups is 1. The molecule has 4 heteroatoms. The molecule has 0 bridgehead atoms. The first-order chi connectivity index (χ1) is 12.7. The van der Waals surface area contributed by atoms with Crippen molar-refractivity contribution in [2.75, 3.05) is 19.6 Å². The maximum absolute atomic E-state index is 12.7. The van der Waals surface area contributed by atoms with E-state index in [0.717, 1.165) is 37.2 Å². The molecule has 0 heterocycles. The molecular weight excluding hydrogens is 358 g/mol. The first kappa shape index (κ1) is 23.2. The van der Waals surface area contributed by atoms with Gasteiger partial charge in [-0.3, -0.25) is 4.79 Å². The van der Waals surface area contributed by atoms with Crippen molar-refractivity contribution in [2.24, 2.45) is 0 Å². The van der Waals surface area contributed by atoms with E-state index in [2.05, 4.69) is 25.7 Å². The molecule has 148 valence electrons. The Balaban J connectivity index is 0.00000364. The van der Waals surface area contributed by atoms with Crippen LogP contribution in [-0.4, -0.2) is 30.5 Å². The molecule has 0 N–H and O–H groups in total. The number of halogens is 1. The third kappa shape index (κ3) is 6.08. The summed E-state index contributed by atoms with van der Waals surface area (Å²) in [6, 6.07) is 20.1. The van der Waals surface area contributed by atoms with Gasteiger partial charge in [0.25, 0.3) is 0 Å². The lowest BCUT2D eigenvalue weighted by molar-refractivity contribution is -0.157. The van der Waals surface area contributed by atoms with Gasteiger partial charge in [0, 0.05) is 17.5 Å². The van der Waals surface area contributed by atoms with Crippen molar-refractivity contribution < 1.29 is 9.53 Å². The zero-order valence-corrected chi connectivity index (χ0v) is 17.5. The van der Waals surface area contributed by atoms with Crippen LogP contribution >= 0.6 is 12.4 Å². The Hall–Kier alpha value is -1.84. The molecule has 2 aromatic rings. The van der Waals surface area contributed by atoms with Gasteiger partial charge in [-0.1, -0.05) is 81.4 Å². The van der Waals surface area contributed by atoms with Crippen LogP contribution in [0.15, 0.2) is 60.7 Å². The highest BCUT2D eigenvalue weighted by Gasteiger charge is 2.36. The van der Waals surface area contributed by atoms with Crippen LogP contribution in [0.2, 0.25) is 0 Å². The summed E-state index contributed by atoms with van der Waals surface area (Å²) in [4.78, 5) is 15.0. The molecule has 0 fully saturated rings. The fourth-order valence-electron chi connectivity index (χ4n) is 3.41. The molecule has 0 saturated heterocycles. The van der Waals surface area contributed by atoms with Crippen molar-refractivity contribution in [1.29, 1.82) is 0 Å². The van der Waals surface area contributed by atoms with E-state index in [1.165, 1.54) is 0 Å². The standard InChI is InChI=1S/C23H31NO2.ClH/c1-4-23(20-14-9-7-10-15-20,21-16-11-8-12-17-21)26-22(25)18-13-19-24(5-2)6-3;/h7-12,14-17H,4-6,13,18-19H2,1-3H3;1H. The normalized spacial score (nSPS) is 11.1. The van der Waals surface area contributed by atoms with Crippen LogP contribution in [0.5, 0.6) is 0 Å². The molecule has 27 heavy (non-hydrogen) atoms. The maximum atomic E-state index is 12.7. The Labute approximate surface area is 170 Å². The van der Waals surface area contributed by atoms with E-state index < -0.39 is 5.60 Å². The Morgan fingerprint density at radius 1 is 0.889 bits per heavy atom. The highest BCUT2D eigenvalue weighted by Crippen LogP contribution is 2.37. The second-order valence-corrected chi connectivity index (χ2v) is 6.52. The zero-order valence-electron chi connectivity index (χ0n) is 16.7. The summed E-state index contributed by atoms with van der Waals surface area (Å²) in [7, 11) is 0.